The average molecular weight is 2250 g/mol. The number of halogens is 25. The molecule has 0 fully saturated rings. The Morgan fingerprint density at radius 1 is 0.347 bits per heavy atom. The summed E-state index contributed by atoms with van der Waals surface area (Å²) in [6.07, 6.45) is -4.29. The topological polar surface area (TPSA) is 243 Å². The van der Waals surface area contributed by atoms with Gasteiger partial charge in [0.1, 0.15) is 102 Å². The van der Waals surface area contributed by atoms with Crippen molar-refractivity contribution in [2.75, 3.05) is 6.26 Å². The van der Waals surface area contributed by atoms with Gasteiger partial charge in [-0.3, -0.25) is 4.21 Å². The first-order valence-corrected chi connectivity index (χ1v) is 52.6. The molecule has 0 saturated heterocycles. The number of sulfone groups is 1. The van der Waals surface area contributed by atoms with Crippen molar-refractivity contribution in [2.24, 2.45) is 0 Å². The van der Waals surface area contributed by atoms with Crippen molar-refractivity contribution in [1.82, 2.24) is 0 Å². The molecule has 0 aliphatic heterocycles. The van der Waals surface area contributed by atoms with E-state index in [0.717, 1.165) is 54.3 Å². The van der Waals surface area contributed by atoms with Gasteiger partial charge in [0, 0.05) is 81.8 Å². The zero-order valence-electron chi connectivity index (χ0n) is 75.4. The van der Waals surface area contributed by atoms with Gasteiger partial charge in [0.15, 0.2) is 9.84 Å². The molecule has 9 aromatic carbocycles. The zero-order valence-corrected chi connectivity index (χ0v) is 82.8. The van der Waals surface area contributed by atoms with E-state index in [1.807, 2.05) is 0 Å². The third kappa shape index (κ3) is 23.3. The Morgan fingerprint density at radius 3 is 0.860 bits per heavy atom. The molecule has 0 radical (unpaired) electrons. The van der Waals surface area contributed by atoms with E-state index in [0.29, 0.717) is 23.3 Å². The molecule has 0 spiro atoms. The van der Waals surface area contributed by atoms with Gasteiger partial charge in [0.05, 0.1) is 21.6 Å². The van der Waals surface area contributed by atoms with E-state index in [4.69, 9.17) is 39.4 Å². The second-order valence-electron chi connectivity index (χ2n) is 33.0. The van der Waals surface area contributed by atoms with Crippen molar-refractivity contribution in [1.29, 1.82) is 31.6 Å². The highest BCUT2D eigenvalue weighted by Crippen LogP contribution is 3.04. The molecule has 15 rings (SSSR count). The Bertz CT molecular complexity index is 8880. The molecule has 0 N–H and O–H groups in total. The SMILES string of the molecule is [C-]#[N+]C([N+]#[C-])=C1Cc2c(CS(=O)[O-])c3c(c(S(C)(=O)=O)c2=C1c1cccc(C)c1)CC(=C(C#N)C#N)C=3c1cccc(SC(F)(F)F)c1.[C-]#[N+]C([N+]#[C-])=C1Cc2c(S(F)(F)(F)(F)F)c3c(c(S(F)(F)(F)(F)F)c2=C1c1cccc(C)c1)CC(=C(C#N)C#N)C=3c1cccc(SC(F)(F)F)c1.[C-]#[N+]C([N+]#[C-])=C1Cc2c(SC(F)(F)F)c3c(c(SC(F)(F)F)c2=C1c1cccc(C)c1)CC(=C(C#N)C#N)C=3c1cccc(SC(F)(F)F)c1. The number of allylic oxidation sites excluding steroid dienone is 9. The highest BCUT2D eigenvalue weighted by molar-refractivity contribution is 8.46. The van der Waals surface area contributed by atoms with Gasteiger partial charge in [-0.05, 0) is 263 Å². The molecule has 6 aliphatic carbocycles. The molecule has 6 aliphatic rings. The molecule has 0 amide bonds. The van der Waals surface area contributed by atoms with Crippen LogP contribution in [0.25, 0.3) is 62.5 Å². The van der Waals surface area contributed by atoms with Crippen LogP contribution >= 0.6 is 79.3 Å². The van der Waals surface area contributed by atoms with Crippen LogP contribution in [0.3, 0.4) is 0 Å². The molecule has 1 unspecified atom stereocenters. The van der Waals surface area contributed by atoms with Crippen LogP contribution in [0.2, 0.25) is 0 Å². The fraction of sp³-hybridized carbons (Fsp3) is 0.160. The number of hydrogen-bond acceptors (Lipinski definition) is 15. The minimum Gasteiger partial charge on any atom is -0.772 e. The summed E-state index contributed by atoms with van der Waals surface area (Å²) in [6.45, 7) is 50.2. The van der Waals surface area contributed by atoms with E-state index in [9.17, 15) is 115 Å². The van der Waals surface area contributed by atoms with Gasteiger partial charge in [-0.15, -0.1) is 0 Å². The lowest BCUT2D eigenvalue weighted by molar-refractivity contribution is -0.0339. The molecule has 0 heterocycles. The van der Waals surface area contributed by atoms with Crippen LogP contribution in [0.4, 0.5) is 105 Å². The largest absolute Gasteiger partial charge is 0.772 e. The maximum atomic E-state index is 15.5. The van der Waals surface area contributed by atoms with Crippen LogP contribution in [-0.2, 0) is 65.2 Å². The van der Waals surface area contributed by atoms with E-state index < -0.39 is 277 Å². The minimum absolute atomic E-state index is 0.0338. The Hall–Kier alpha value is -14.7. The molecule has 0 aromatic heterocycles. The summed E-state index contributed by atoms with van der Waals surface area (Å²) < 4.78 is 415. The number of hydrogen-bond donors (Lipinski definition) is 0. The van der Waals surface area contributed by atoms with E-state index in [1.165, 1.54) is 67.6 Å². The van der Waals surface area contributed by atoms with Crippen LogP contribution in [0.15, 0.2) is 252 Å². The molecule has 0 saturated carbocycles. The summed E-state index contributed by atoms with van der Waals surface area (Å²) in [7, 11) is -27.1. The molecular formula is C100H50F25N12O4S9-. The Balaban J connectivity index is 0.000000188. The first-order valence-electron chi connectivity index (χ1n) is 41.4. The highest BCUT2D eigenvalue weighted by Gasteiger charge is 2.73. The number of aryl methyl sites for hydroxylation is 3. The number of alkyl halides is 15. The number of benzene rings is 9. The summed E-state index contributed by atoms with van der Waals surface area (Å²) in [5, 5.41) is 54.0. The normalized spacial score (nSPS) is 15.2. The standard InChI is InChI=1S/C34H15F9N4S3.C34H21F3N4O4S3.C32H15F13N4S3/c1-16-6-4-7-17(10-16)26-24(31(46-2)47-3)13-23-28(26)29(49-33(38,39)40)22-12-21(19(14-44)15-45)25(27(22)30(23)50-34(41,42)43)18-8-5-9-20(11-18)48-32(35,36)37;1-18-7-5-8-19(11-18)29-26(33(40-2)41-3)14-24-27(17-47(42)43)30-25(32(31(24)29)48(4,44)45)13-23(21(15-38)16-39)28(30)20-9-6-10-22(12-20)46-34(35,36)37;1-16-6-4-7-17(10-16)26-24(31(48-2)49-3)13-23-28(26)29(51(36,37,38,39)40)22-12-21(19(14-46)15-47)25(27(22)30(23)52(41,42,43,44)45)18-8-5-9-20(11-18)50-32(33,34)35/h4-11H,12-13H2,1H3;5-12H,13-14,17H2,1,4H3,(H,42,43);4-11H,12-13H2,1H3/p-1. The van der Waals surface area contributed by atoms with Crippen LogP contribution < -0.4 is 31.3 Å². The zero-order chi connectivity index (χ0) is 111. The lowest BCUT2D eigenvalue weighted by atomic mass is 9.94. The minimum atomic E-state index is -11.5. The summed E-state index contributed by atoms with van der Waals surface area (Å²) >= 11 is -5.88. The van der Waals surface area contributed by atoms with Crippen molar-refractivity contribution in [3.8, 4) is 36.4 Å². The molecule has 9 aromatic rings. The number of nitrogens with zero attached hydrogens (tertiary/aromatic N) is 12. The molecule has 150 heavy (non-hydrogen) atoms. The van der Waals surface area contributed by atoms with Crippen molar-refractivity contribution < 1.29 is 122 Å². The molecule has 1 atom stereocenters. The number of fused-ring (bicyclic) bond motifs is 6. The highest BCUT2D eigenvalue weighted by atomic mass is 32.5. The number of thioether (sulfide) groups is 5. The van der Waals surface area contributed by atoms with Crippen LogP contribution in [-0.4, -0.2) is 51.0 Å². The molecular weight excluding hydrogens is 2200 g/mol. The van der Waals surface area contributed by atoms with Crippen LogP contribution in [0, 0.1) is 128 Å². The van der Waals surface area contributed by atoms with Crippen LogP contribution in [0.5, 0.6) is 0 Å². The van der Waals surface area contributed by atoms with E-state index in [-0.39, 0.29) is 139 Å². The summed E-state index contributed by atoms with van der Waals surface area (Å²) in [6, 6.07) is 39.1. The fourth-order valence-electron chi connectivity index (χ4n) is 18.7. The molecule has 16 nitrogen and oxygen atoms in total. The van der Waals surface area contributed by atoms with E-state index >= 15 is 38.9 Å². The van der Waals surface area contributed by atoms with E-state index in [2.05, 4.69) is 29.1 Å². The predicted octanol–water partition coefficient (Wildman–Crippen LogP) is 26.9. The molecule has 0 bridgehead atoms. The number of rotatable bonds is 16. The lowest BCUT2D eigenvalue weighted by Gasteiger charge is -2.45. The summed E-state index contributed by atoms with van der Waals surface area (Å²) in [5.74, 6) is -2.79. The maximum Gasteiger partial charge on any atom is 0.523 e. The van der Waals surface area contributed by atoms with Crippen molar-refractivity contribution >= 4 is 134 Å². The summed E-state index contributed by atoms with van der Waals surface area (Å²) in [5.41, 5.74) is -35.5. The Morgan fingerprint density at radius 2 is 0.587 bits per heavy atom. The fourth-order valence-corrected chi connectivity index (χ4v) is 26.5. The monoisotopic (exact) mass is 2250 g/mol. The van der Waals surface area contributed by atoms with Gasteiger partial charge in [-0.2, -0.15) is 126 Å². The third-order valence-corrected chi connectivity index (χ3v) is 31.4. The predicted molar refractivity (Wildman–Crippen MR) is 511 cm³/mol. The van der Waals surface area contributed by atoms with Crippen molar-refractivity contribution in [3.63, 3.8) is 0 Å². The van der Waals surface area contributed by atoms with Gasteiger partial charge in [0.25, 0.3) is 0 Å². The summed E-state index contributed by atoms with van der Waals surface area (Å²) in [4.78, 5) is 9.77. The van der Waals surface area contributed by atoms with Gasteiger partial charge in [-0.1, -0.05) is 176 Å². The molecule has 50 heteroatoms. The number of nitriles is 6. The van der Waals surface area contributed by atoms with Crippen molar-refractivity contribution in [2.45, 2.75) is 132 Å². The third-order valence-electron chi connectivity index (χ3n) is 23.3. The van der Waals surface area contributed by atoms with Gasteiger partial charge < -0.3 is 4.55 Å². The second-order valence-corrected chi connectivity index (χ2v) is 46.1. The average Bonchev–Trinajstić information content (AvgIpc) is 1.45. The second kappa shape index (κ2) is 39.3. The van der Waals surface area contributed by atoms with Crippen LogP contribution in [0.1, 0.15) is 89.0 Å². The van der Waals surface area contributed by atoms with E-state index in [1.54, 1.807) is 80.6 Å². The molecule has 764 valence electrons. The van der Waals surface area contributed by atoms with Crippen molar-refractivity contribution in [3.05, 3.63) is 402 Å². The smallest absolute Gasteiger partial charge is 0.523 e. The first kappa shape index (κ1) is 112. The van der Waals surface area contributed by atoms with Gasteiger partial charge >= 0.3 is 65.5 Å². The van der Waals surface area contributed by atoms with Gasteiger partial charge in [-0.25, -0.2) is 8.42 Å². The lowest BCUT2D eigenvalue weighted by Crippen LogP contribution is -2.34. The maximum absolute atomic E-state index is 15.5. The Kier molecular flexibility index (Phi) is 29.5. The first-order chi connectivity index (χ1) is 69.4. The quantitative estimate of drug-likeness (QED) is 0.0287. The van der Waals surface area contributed by atoms with Gasteiger partial charge in [0.2, 0.25) is 0 Å². The Labute approximate surface area is 857 Å².